The highest BCUT2D eigenvalue weighted by molar-refractivity contribution is 6.17. The third kappa shape index (κ3) is 1.81. The molecule has 2 heterocycles. The van der Waals surface area contributed by atoms with Gasteiger partial charge in [-0.1, -0.05) is 0 Å². The molecule has 0 spiro atoms. The van der Waals surface area contributed by atoms with E-state index in [1.807, 2.05) is 0 Å². The van der Waals surface area contributed by atoms with Crippen LogP contribution in [0.3, 0.4) is 0 Å². The molecule has 1 aliphatic carbocycles. The zero-order valence-corrected chi connectivity index (χ0v) is 10.7. The number of imidazole rings is 1. The second-order valence-corrected chi connectivity index (χ2v) is 5.07. The summed E-state index contributed by atoms with van der Waals surface area (Å²) in [5.74, 6) is 0.623. The predicted octanol–water partition coefficient (Wildman–Crippen LogP) is 3.26. The first-order chi connectivity index (χ1) is 8.99. The Hall–Kier alpha value is -1.30. The minimum absolute atomic E-state index is 0.0968. The van der Waals surface area contributed by atoms with Crippen LogP contribution >= 0.6 is 11.6 Å². The number of aromatic nitrogens is 3. The number of hydrogen-bond donors (Lipinski definition) is 0. The van der Waals surface area contributed by atoms with Crippen LogP contribution in [0.15, 0.2) is 18.5 Å². The number of hydrogen-bond acceptors (Lipinski definition) is 2. The Bertz CT molecular complexity index is 616. The lowest BCUT2D eigenvalue weighted by atomic mass is 10.2. The normalized spacial score (nSPS) is 17.9. The summed E-state index contributed by atoms with van der Waals surface area (Å²) in [5.41, 5.74) is -0.840. The zero-order chi connectivity index (χ0) is 13.7. The standard InChI is InChI=1S/C12H11ClF3N3/c13-5-1-10-18-8-7-17-6-2-9(8)19(10)11(3-4-11)12(14,15)16/h2,6-7H,1,3-5H2. The number of rotatable bonds is 3. The number of alkyl halides is 4. The molecule has 0 bridgehead atoms. The maximum Gasteiger partial charge on any atom is 0.412 e. The minimum Gasteiger partial charge on any atom is -0.312 e. The highest BCUT2D eigenvalue weighted by Crippen LogP contribution is 2.56. The highest BCUT2D eigenvalue weighted by Gasteiger charge is 2.65. The average molecular weight is 290 g/mol. The molecule has 7 heteroatoms. The van der Waals surface area contributed by atoms with Crippen molar-refractivity contribution in [3.63, 3.8) is 0 Å². The SMILES string of the molecule is FC(F)(F)C1(n2c(CCCl)nc3cnccc32)CC1. The Morgan fingerprint density at radius 1 is 1.37 bits per heavy atom. The maximum atomic E-state index is 13.3. The summed E-state index contributed by atoms with van der Waals surface area (Å²) in [5, 5.41) is 0. The molecule has 0 atom stereocenters. The Kier molecular flexibility index (Phi) is 2.74. The average Bonchev–Trinajstić information content (AvgIpc) is 3.06. The molecule has 102 valence electrons. The van der Waals surface area contributed by atoms with Crippen molar-refractivity contribution >= 4 is 22.6 Å². The summed E-state index contributed by atoms with van der Waals surface area (Å²) in [6.07, 6.45) is -0.800. The molecule has 3 rings (SSSR count). The molecule has 2 aromatic rings. The van der Waals surface area contributed by atoms with Crippen LogP contribution < -0.4 is 0 Å². The summed E-state index contributed by atoms with van der Waals surface area (Å²) in [6.45, 7) is 0. The molecule has 1 fully saturated rings. The van der Waals surface area contributed by atoms with Crippen molar-refractivity contribution in [3.05, 3.63) is 24.3 Å². The fraction of sp³-hybridized carbons (Fsp3) is 0.500. The summed E-state index contributed by atoms with van der Waals surface area (Å²) in [7, 11) is 0. The third-order valence-electron chi connectivity index (χ3n) is 3.52. The molecule has 2 aromatic heterocycles. The van der Waals surface area contributed by atoms with E-state index in [1.165, 1.54) is 17.0 Å². The summed E-state index contributed by atoms with van der Waals surface area (Å²) in [4.78, 5) is 8.14. The van der Waals surface area contributed by atoms with Gasteiger partial charge in [0.2, 0.25) is 0 Å². The van der Waals surface area contributed by atoms with Crippen LogP contribution in [-0.4, -0.2) is 26.6 Å². The molecule has 0 saturated heterocycles. The lowest BCUT2D eigenvalue weighted by Gasteiger charge is -2.23. The third-order valence-corrected chi connectivity index (χ3v) is 3.71. The van der Waals surface area contributed by atoms with Gasteiger partial charge in [0.25, 0.3) is 0 Å². The second-order valence-electron chi connectivity index (χ2n) is 4.70. The van der Waals surface area contributed by atoms with E-state index in [2.05, 4.69) is 9.97 Å². The van der Waals surface area contributed by atoms with E-state index in [-0.39, 0.29) is 18.7 Å². The number of nitrogens with zero attached hydrogens (tertiary/aromatic N) is 3. The van der Waals surface area contributed by atoms with Gasteiger partial charge in [-0.05, 0) is 18.9 Å². The number of aryl methyl sites for hydroxylation is 1. The van der Waals surface area contributed by atoms with Gasteiger partial charge in [0.1, 0.15) is 16.9 Å². The number of fused-ring (bicyclic) bond motifs is 1. The van der Waals surface area contributed by atoms with Crippen LogP contribution in [0, 0.1) is 0 Å². The molecular formula is C12H11ClF3N3. The molecular weight excluding hydrogens is 279 g/mol. The first kappa shape index (κ1) is 12.7. The van der Waals surface area contributed by atoms with Crippen LogP contribution in [0.25, 0.3) is 11.0 Å². The van der Waals surface area contributed by atoms with Crippen molar-refractivity contribution < 1.29 is 13.2 Å². The van der Waals surface area contributed by atoms with E-state index in [9.17, 15) is 13.2 Å². The molecule has 3 nitrogen and oxygen atoms in total. The fourth-order valence-corrected chi connectivity index (χ4v) is 2.63. The molecule has 1 aliphatic rings. The number of pyridine rings is 1. The Labute approximate surface area is 112 Å². The quantitative estimate of drug-likeness (QED) is 0.812. The van der Waals surface area contributed by atoms with E-state index >= 15 is 0 Å². The van der Waals surface area contributed by atoms with E-state index in [4.69, 9.17) is 11.6 Å². The molecule has 0 aliphatic heterocycles. The second kappa shape index (κ2) is 4.10. The van der Waals surface area contributed by atoms with Crippen LogP contribution in [0.1, 0.15) is 18.7 Å². The zero-order valence-electron chi connectivity index (χ0n) is 9.91. The van der Waals surface area contributed by atoms with Gasteiger partial charge in [0, 0.05) is 18.5 Å². The molecule has 0 unspecified atom stereocenters. The van der Waals surface area contributed by atoms with Gasteiger partial charge in [-0.2, -0.15) is 13.2 Å². The van der Waals surface area contributed by atoms with E-state index in [0.717, 1.165) is 0 Å². The van der Waals surface area contributed by atoms with Crippen molar-refractivity contribution in [3.8, 4) is 0 Å². The van der Waals surface area contributed by atoms with Gasteiger partial charge in [0.05, 0.1) is 11.7 Å². The van der Waals surface area contributed by atoms with Crippen LogP contribution in [0.4, 0.5) is 13.2 Å². The Morgan fingerprint density at radius 2 is 2.11 bits per heavy atom. The Morgan fingerprint density at radius 3 is 2.68 bits per heavy atom. The van der Waals surface area contributed by atoms with Crippen molar-refractivity contribution in [1.82, 2.24) is 14.5 Å². The maximum absolute atomic E-state index is 13.3. The smallest absolute Gasteiger partial charge is 0.312 e. The lowest BCUT2D eigenvalue weighted by Crippen LogP contribution is -2.36. The van der Waals surface area contributed by atoms with E-state index in [0.29, 0.717) is 23.3 Å². The molecule has 0 N–H and O–H groups in total. The predicted molar refractivity (Wildman–Crippen MR) is 65.2 cm³/mol. The molecule has 0 radical (unpaired) electrons. The van der Waals surface area contributed by atoms with Gasteiger partial charge >= 0.3 is 6.18 Å². The van der Waals surface area contributed by atoms with Crippen molar-refractivity contribution in [2.45, 2.75) is 31.0 Å². The van der Waals surface area contributed by atoms with Crippen LogP contribution in [0.2, 0.25) is 0 Å². The van der Waals surface area contributed by atoms with Gasteiger partial charge in [-0.3, -0.25) is 4.98 Å². The van der Waals surface area contributed by atoms with E-state index < -0.39 is 11.7 Å². The van der Waals surface area contributed by atoms with Crippen LogP contribution in [0.5, 0.6) is 0 Å². The lowest BCUT2D eigenvalue weighted by molar-refractivity contribution is -0.179. The first-order valence-corrected chi connectivity index (χ1v) is 6.47. The van der Waals surface area contributed by atoms with Gasteiger partial charge in [0.15, 0.2) is 0 Å². The minimum atomic E-state index is -4.27. The summed E-state index contributed by atoms with van der Waals surface area (Å²) < 4.78 is 41.2. The van der Waals surface area contributed by atoms with Crippen LogP contribution in [-0.2, 0) is 12.0 Å². The highest BCUT2D eigenvalue weighted by atomic mass is 35.5. The van der Waals surface area contributed by atoms with Gasteiger partial charge in [-0.25, -0.2) is 4.98 Å². The largest absolute Gasteiger partial charge is 0.412 e. The van der Waals surface area contributed by atoms with Gasteiger partial charge < -0.3 is 4.57 Å². The fourth-order valence-electron chi connectivity index (χ4n) is 2.46. The van der Waals surface area contributed by atoms with Crippen molar-refractivity contribution in [2.75, 3.05) is 5.88 Å². The molecule has 19 heavy (non-hydrogen) atoms. The van der Waals surface area contributed by atoms with Gasteiger partial charge in [-0.15, -0.1) is 11.6 Å². The molecule has 0 aromatic carbocycles. The van der Waals surface area contributed by atoms with Crippen molar-refractivity contribution in [2.24, 2.45) is 0 Å². The first-order valence-electron chi connectivity index (χ1n) is 5.94. The number of halogens is 4. The topological polar surface area (TPSA) is 30.7 Å². The Balaban J connectivity index is 2.24. The summed E-state index contributed by atoms with van der Waals surface area (Å²) >= 11 is 5.67. The summed E-state index contributed by atoms with van der Waals surface area (Å²) in [6, 6.07) is 1.58. The monoisotopic (exact) mass is 289 g/mol. The molecule has 0 amide bonds. The molecule has 1 saturated carbocycles. The van der Waals surface area contributed by atoms with E-state index in [1.54, 1.807) is 6.07 Å². The van der Waals surface area contributed by atoms with Crippen molar-refractivity contribution in [1.29, 1.82) is 0 Å².